The van der Waals surface area contributed by atoms with Crippen molar-refractivity contribution < 1.29 is 28.2 Å². The number of nitrogens with one attached hydrogen (secondary N) is 1. The Morgan fingerprint density at radius 1 is 1.15 bits per heavy atom. The van der Waals surface area contributed by atoms with Gasteiger partial charge in [0.2, 0.25) is 0 Å². The lowest BCUT2D eigenvalue weighted by molar-refractivity contribution is 0.100. The maximum atomic E-state index is 14.3. The molecule has 1 aliphatic rings. The van der Waals surface area contributed by atoms with Gasteiger partial charge in [-0.3, -0.25) is 9.78 Å². The van der Waals surface area contributed by atoms with E-state index in [1.54, 1.807) is 12.1 Å². The number of hydrogen-bond donors (Lipinski definition) is 3. The van der Waals surface area contributed by atoms with Crippen molar-refractivity contribution in [3.8, 4) is 5.75 Å². The number of rotatable bonds is 5. The number of anilines is 3. The molecule has 9 nitrogen and oxygen atoms in total. The van der Waals surface area contributed by atoms with Crippen molar-refractivity contribution >= 4 is 40.0 Å². The maximum absolute atomic E-state index is 14.3. The number of halogens is 2. The highest BCUT2D eigenvalue weighted by atomic mass is 19.1. The van der Waals surface area contributed by atoms with Crippen molar-refractivity contribution in [2.24, 2.45) is 5.73 Å². The number of methoxy groups -OCH3 is 1. The third-order valence-electron chi connectivity index (χ3n) is 5.52. The number of ether oxygens (including phenoxy) is 1. The van der Waals surface area contributed by atoms with Crippen LogP contribution in [0.1, 0.15) is 10.4 Å². The number of hydrogen-bond acceptors (Lipinski definition) is 6. The molecule has 11 heteroatoms. The lowest BCUT2D eigenvalue weighted by Gasteiger charge is -2.35. The van der Waals surface area contributed by atoms with Gasteiger partial charge >= 0.3 is 6.09 Å². The molecule has 2 amide bonds. The third kappa shape index (κ3) is 4.29. The van der Waals surface area contributed by atoms with Gasteiger partial charge in [0.15, 0.2) is 0 Å². The van der Waals surface area contributed by atoms with Gasteiger partial charge in [-0.05, 0) is 18.2 Å². The van der Waals surface area contributed by atoms with E-state index in [0.29, 0.717) is 48.5 Å². The number of piperazine rings is 1. The number of carbonyl (C=O) groups excluding carboxylic acids is 1. The zero-order valence-electron chi connectivity index (χ0n) is 17.6. The van der Waals surface area contributed by atoms with Crippen LogP contribution < -0.4 is 20.7 Å². The Hall–Kier alpha value is -4.15. The van der Waals surface area contributed by atoms with E-state index in [1.165, 1.54) is 24.3 Å². The quantitative estimate of drug-likeness (QED) is 0.538. The first-order chi connectivity index (χ1) is 15.8. The Kier molecular flexibility index (Phi) is 5.86. The standard InChI is InChI=1S/C22H21F2N5O4/c1-33-19-10-17-13(9-18(19)28-4-6-29(7-5-28)22(31)32)20(14(11-26-17)21(25)30)27-16-3-2-12(23)8-15(16)24/h2-3,8-11H,4-7H2,1H3,(H2,25,30)(H,26,27)(H,31,32). The molecule has 33 heavy (non-hydrogen) atoms. The van der Waals surface area contributed by atoms with Crippen molar-refractivity contribution in [1.82, 2.24) is 9.88 Å². The topological polar surface area (TPSA) is 121 Å². The van der Waals surface area contributed by atoms with Gasteiger partial charge in [-0.1, -0.05) is 0 Å². The number of pyridine rings is 1. The summed E-state index contributed by atoms with van der Waals surface area (Å²) < 4.78 is 33.2. The summed E-state index contributed by atoms with van der Waals surface area (Å²) in [7, 11) is 1.50. The van der Waals surface area contributed by atoms with Gasteiger partial charge in [0.25, 0.3) is 5.91 Å². The summed E-state index contributed by atoms with van der Waals surface area (Å²) in [6.45, 7) is 1.46. The second-order valence-corrected chi connectivity index (χ2v) is 7.46. The van der Waals surface area contributed by atoms with E-state index in [4.69, 9.17) is 10.5 Å². The molecular formula is C22H21F2N5O4. The molecule has 2 aromatic carbocycles. The molecule has 1 aromatic heterocycles. The smallest absolute Gasteiger partial charge is 0.407 e. The number of fused-ring (bicyclic) bond motifs is 1. The normalized spacial score (nSPS) is 13.8. The van der Waals surface area contributed by atoms with Crippen molar-refractivity contribution in [3.63, 3.8) is 0 Å². The molecule has 0 radical (unpaired) electrons. The number of nitrogens with two attached hydrogens (primary N) is 1. The maximum Gasteiger partial charge on any atom is 0.407 e. The molecule has 4 rings (SSSR count). The van der Waals surface area contributed by atoms with Crippen LogP contribution in [0.4, 0.5) is 30.6 Å². The molecule has 0 unspecified atom stereocenters. The average molecular weight is 457 g/mol. The Labute approximate surface area is 187 Å². The van der Waals surface area contributed by atoms with E-state index in [-0.39, 0.29) is 16.9 Å². The molecule has 1 fully saturated rings. The molecular weight excluding hydrogens is 436 g/mol. The fourth-order valence-electron chi connectivity index (χ4n) is 3.80. The summed E-state index contributed by atoms with van der Waals surface area (Å²) in [5, 5.41) is 12.5. The fourth-order valence-corrected chi connectivity index (χ4v) is 3.80. The number of benzene rings is 2. The van der Waals surface area contributed by atoms with Gasteiger partial charge in [-0.15, -0.1) is 0 Å². The van der Waals surface area contributed by atoms with E-state index in [0.717, 1.165) is 12.1 Å². The zero-order valence-corrected chi connectivity index (χ0v) is 17.6. The highest BCUT2D eigenvalue weighted by molar-refractivity contribution is 6.08. The van der Waals surface area contributed by atoms with Gasteiger partial charge in [0.05, 0.1) is 35.3 Å². The summed E-state index contributed by atoms with van der Waals surface area (Å²) in [5.74, 6) is -1.85. The SMILES string of the molecule is COc1cc2ncc(C(N)=O)c(Nc3ccc(F)cc3F)c2cc1N1CCN(C(=O)O)CC1. The number of carboxylic acid groups (broad SMARTS) is 1. The predicted molar refractivity (Wildman–Crippen MR) is 118 cm³/mol. The lowest BCUT2D eigenvalue weighted by Crippen LogP contribution is -2.48. The first kappa shape index (κ1) is 22.1. The van der Waals surface area contributed by atoms with Gasteiger partial charge in [0, 0.05) is 49.9 Å². The number of carbonyl (C=O) groups is 2. The molecule has 0 atom stereocenters. The van der Waals surface area contributed by atoms with E-state index in [1.807, 2.05) is 4.90 Å². The van der Waals surface area contributed by atoms with Crippen LogP contribution in [0.25, 0.3) is 10.9 Å². The van der Waals surface area contributed by atoms with Crippen LogP contribution in [0.15, 0.2) is 36.5 Å². The number of nitrogens with zero attached hydrogens (tertiary/aromatic N) is 3. The van der Waals surface area contributed by atoms with Gasteiger partial charge in [-0.25, -0.2) is 13.6 Å². The monoisotopic (exact) mass is 457 g/mol. The summed E-state index contributed by atoms with van der Waals surface area (Å²) in [5.41, 5.74) is 6.84. The summed E-state index contributed by atoms with van der Waals surface area (Å²) >= 11 is 0. The zero-order chi connectivity index (χ0) is 23.7. The Morgan fingerprint density at radius 3 is 2.48 bits per heavy atom. The number of primary amides is 1. The van der Waals surface area contributed by atoms with Crippen LogP contribution >= 0.6 is 0 Å². The highest BCUT2D eigenvalue weighted by Crippen LogP contribution is 2.38. The van der Waals surface area contributed by atoms with E-state index >= 15 is 0 Å². The highest BCUT2D eigenvalue weighted by Gasteiger charge is 2.24. The Balaban J connectivity index is 1.83. The van der Waals surface area contributed by atoms with Crippen molar-refractivity contribution in [2.75, 3.05) is 43.5 Å². The van der Waals surface area contributed by atoms with Crippen LogP contribution in [-0.2, 0) is 0 Å². The van der Waals surface area contributed by atoms with E-state index in [9.17, 15) is 23.5 Å². The second kappa shape index (κ2) is 8.77. The van der Waals surface area contributed by atoms with Crippen molar-refractivity contribution in [2.45, 2.75) is 0 Å². The number of aromatic nitrogens is 1. The van der Waals surface area contributed by atoms with Crippen molar-refractivity contribution in [1.29, 1.82) is 0 Å². The Morgan fingerprint density at radius 2 is 1.88 bits per heavy atom. The second-order valence-electron chi connectivity index (χ2n) is 7.46. The van der Waals surface area contributed by atoms with Crippen LogP contribution in [-0.4, -0.2) is 60.3 Å². The molecule has 0 saturated carbocycles. The first-order valence-corrected chi connectivity index (χ1v) is 10.0. The molecule has 0 spiro atoms. The minimum Gasteiger partial charge on any atom is -0.495 e. The summed E-state index contributed by atoms with van der Waals surface area (Å²) in [6, 6.07) is 6.44. The van der Waals surface area contributed by atoms with E-state index < -0.39 is 23.6 Å². The summed E-state index contributed by atoms with van der Waals surface area (Å²) in [4.78, 5) is 30.9. The van der Waals surface area contributed by atoms with Gasteiger partial charge in [-0.2, -0.15) is 0 Å². The molecule has 1 saturated heterocycles. The lowest BCUT2D eigenvalue weighted by atomic mass is 10.1. The minimum atomic E-state index is -0.983. The summed E-state index contributed by atoms with van der Waals surface area (Å²) in [6.07, 6.45) is 0.294. The van der Waals surface area contributed by atoms with Crippen molar-refractivity contribution in [3.05, 3.63) is 53.7 Å². The fraction of sp³-hybridized carbons (Fsp3) is 0.227. The van der Waals surface area contributed by atoms with Gasteiger partial charge in [0.1, 0.15) is 17.4 Å². The molecule has 4 N–H and O–H groups in total. The molecule has 3 aromatic rings. The Bertz CT molecular complexity index is 1250. The molecule has 0 aliphatic carbocycles. The van der Waals surface area contributed by atoms with E-state index in [2.05, 4.69) is 10.3 Å². The van der Waals surface area contributed by atoms with Gasteiger partial charge < -0.3 is 30.7 Å². The molecule has 0 bridgehead atoms. The molecule has 172 valence electrons. The third-order valence-corrected chi connectivity index (χ3v) is 5.52. The van der Waals surface area contributed by atoms with Crippen LogP contribution in [0.3, 0.4) is 0 Å². The first-order valence-electron chi connectivity index (χ1n) is 10.0. The minimum absolute atomic E-state index is 0.0260. The molecule has 1 aliphatic heterocycles. The van der Waals surface area contributed by atoms with Crippen LogP contribution in [0.2, 0.25) is 0 Å². The largest absolute Gasteiger partial charge is 0.495 e. The number of amides is 2. The predicted octanol–water partition coefficient (Wildman–Crippen LogP) is 3.16. The van der Waals surface area contributed by atoms with Crippen LogP contribution in [0, 0.1) is 11.6 Å². The average Bonchev–Trinajstić information content (AvgIpc) is 2.79. The molecule has 2 heterocycles. The van der Waals surface area contributed by atoms with Crippen LogP contribution in [0.5, 0.6) is 5.75 Å².